The van der Waals surface area contributed by atoms with E-state index in [2.05, 4.69) is 20.9 Å². The third-order valence-electron chi connectivity index (χ3n) is 2.35. The normalized spacial score (nSPS) is 10.2. The molecule has 0 bridgehead atoms. The summed E-state index contributed by atoms with van der Waals surface area (Å²) in [5.74, 6) is 2.16. The van der Waals surface area contributed by atoms with Crippen molar-refractivity contribution < 1.29 is 9.47 Å². The number of rotatable bonds is 4. The van der Waals surface area contributed by atoms with Crippen molar-refractivity contribution in [2.75, 3.05) is 6.61 Å². The minimum Gasteiger partial charge on any atom is -0.494 e. The first-order valence-electron chi connectivity index (χ1n) is 5.73. The van der Waals surface area contributed by atoms with Gasteiger partial charge in [-0.05, 0) is 60.1 Å². The van der Waals surface area contributed by atoms with Gasteiger partial charge in [-0.2, -0.15) is 0 Å². The molecular formula is C14H14BrNO2. The van der Waals surface area contributed by atoms with Crippen LogP contribution in [0.5, 0.6) is 17.4 Å². The summed E-state index contributed by atoms with van der Waals surface area (Å²) in [5, 5.41) is 0. The van der Waals surface area contributed by atoms with Crippen molar-refractivity contribution in [1.82, 2.24) is 4.98 Å². The van der Waals surface area contributed by atoms with Gasteiger partial charge >= 0.3 is 0 Å². The van der Waals surface area contributed by atoms with Crippen molar-refractivity contribution in [3.8, 4) is 17.4 Å². The largest absolute Gasteiger partial charge is 0.494 e. The van der Waals surface area contributed by atoms with Gasteiger partial charge in [0.05, 0.1) is 12.3 Å². The van der Waals surface area contributed by atoms with Crippen molar-refractivity contribution in [1.29, 1.82) is 0 Å². The van der Waals surface area contributed by atoms with Gasteiger partial charge in [0.1, 0.15) is 11.5 Å². The van der Waals surface area contributed by atoms with E-state index in [1.54, 1.807) is 0 Å². The summed E-state index contributed by atoms with van der Waals surface area (Å²) in [6.07, 6.45) is 0. The second kappa shape index (κ2) is 5.87. The van der Waals surface area contributed by atoms with Crippen LogP contribution in [0.25, 0.3) is 0 Å². The molecule has 0 radical (unpaired) electrons. The van der Waals surface area contributed by atoms with E-state index in [4.69, 9.17) is 9.47 Å². The third kappa shape index (κ3) is 3.23. The average Bonchev–Trinajstić information content (AvgIpc) is 2.37. The average molecular weight is 308 g/mol. The predicted molar refractivity (Wildman–Crippen MR) is 74.4 cm³/mol. The summed E-state index contributed by atoms with van der Waals surface area (Å²) in [7, 11) is 0. The van der Waals surface area contributed by atoms with Gasteiger partial charge in [-0.15, -0.1) is 0 Å². The molecule has 0 spiro atoms. The van der Waals surface area contributed by atoms with Gasteiger partial charge < -0.3 is 9.47 Å². The summed E-state index contributed by atoms with van der Waals surface area (Å²) in [6, 6.07) is 11.2. The van der Waals surface area contributed by atoms with Crippen molar-refractivity contribution in [3.05, 3.63) is 46.6 Å². The summed E-state index contributed by atoms with van der Waals surface area (Å²) in [5.41, 5.74) is 0.901. The number of aromatic nitrogens is 1. The molecular weight excluding hydrogens is 294 g/mol. The summed E-state index contributed by atoms with van der Waals surface area (Å²) >= 11 is 3.41. The van der Waals surface area contributed by atoms with Gasteiger partial charge in [-0.3, -0.25) is 0 Å². The monoisotopic (exact) mass is 307 g/mol. The lowest BCUT2D eigenvalue weighted by molar-refractivity contribution is 0.339. The van der Waals surface area contributed by atoms with Gasteiger partial charge in [0.2, 0.25) is 5.88 Å². The highest BCUT2D eigenvalue weighted by atomic mass is 79.9. The maximum Gasteiger partial charge on any atom is 0.219 e. The molecule has 0 saturated carbocycles. The van der Waals surface area contributed by atoms with E-state index in [9.17, 15) is 0 Å². The number of hydrogen-bond acceptors (Lipinski definition) is 3. The Morgan fingerprint density at radius 1 is 1.06 bits per heavy atom. The molecule has 0 aliphatic carbocycles. The first-order chi connectivity index (χ1) is 8.69. The second-order valence-electron chi connectivity index (χ2n) is 3.72. The lowest BCUT2D eigenvalue weighted by Crippen LogP contribution is -1.92. The van der Waals surface area contributed by atoms with Crippen LogP contribution in [0.15, 0.2) is 40.9 Å². The molecule has 0 saturated heterocycles. The van der Waals surface area contributed by atoms with E-state index < -0.39 is 0 Å². The summed E-state index contributed by atoms with van der Waals surface area (Å²) in [6.45, 7) is 4.54. The van der Waals surface area contributed by atoms with Crippen LogP contribution in [0.3, 0.4) is 0 Å². The van der Waals surface area contributed by atoms with Crippen molar-refractivity contribution >= 4 is 15.9 Å². The molecule has 1 aromatic heterocycles. The lowest BCUT2D eigenvalue weighted by Gasteiger charge is -2.07. The van der Waals surface area contributed by atoms with E-state index in [0.717, 1.165) is 21.7 Å². The van der Waals surface area contributed by atoms with Gasteiger partial charge in [0, 0.05) is 10.5 Å². The van der Waals surface area contributed by atoms with E-state index >= 15 is 0 Å². The standard InChI is InChI=1S/C14H14BrNO2/c1-3-17-11-4-6-12(7-5-11)18-14-9-8-13(15)10(2)16-14/h4-9H,3H2,1-2H3. The van der Waals surface area contributed by atoms with E-state index in [1.807, 2.05) is 50.2 Å². The Balaban J connectivity index is 2.10. The molecule has 0 aliphatic heterocycles. The molecule has 0 N–H and O–H groups in total. The number of pyridine rings is 1. The fraction of sp³-hybridized carbons (Fsp3) is 0.214. The zero-order valence-corrected chi connectivity index (χ0v) is 11.9. The van der Waals surface area contributed by atoms with Gasteiger partial charge in [-0.25, -0.2) is 4.98 Å². The van der Waals surface area contributed by atoms with Crippen molar-refractivity contribution in [2.45, 2.75) is 13.8 Å². The van der Waals surface area contributed by atoms with E-state index in [0.29, 0.717) is 12.5 Å². The first kappa shape index (κ1) is 12.9. The van der Waals surface area contributed by atoms with Crippen LogP contribution in [0.1, 0.15) is 12.6 Å². The summed E-state index contributed by atoms with van der Waals surface area (Å²) in [4.78, 5) is 4.33. The van der Waals surface area contributed by atoms with Crippen LogP contribution in [-0.4, -0.2) is 11.6 Å². The number of nitrogens with zero attached hydrogens (tertiary/aromatic N) is 1. The minimum absolute atomic E-state index is 0.583. The molecule has 1 aromatic carbocycles. The van der Waals surface area contributed by atoms with Crippen LogP contribution in [0.4, 0.5) is 0 Å². The maximum atomic E-state index is 5.66. The number of ether oxygens (including phenoxy) is 2. The molecule has 4 heteroatoms. The highest BCUT2D eigenvalue weighted by molar-refractivity contribution is 9.10. The smallest absolute Gasteiger partial charge is 0.219 e. The highest BCUT2D eigenvalue weighted by Crippen LogP contribution is 2.24. The predicted octanol–water partition coefficient (Wildman–Crippen LogP) is 4.34. The van der Waals surface area contributed by atoms with Gasteiger partial charge in [-0.1, -0.05) is 0 Å². The van der Waals surface area contributed by atoms with Crippen LogP contribution >= 0.6 is 15.9 Å². The number of hydrogen-bond donors (Lipinski definition) is 0. The molecule has 2 aromatic rings. The number of benzene rings is 1. The van der Waals surface area contributed by atoms with Crippen LogP contribution in [0, 0.1) is 6.92 Å². The molecule has 0 unspecified atom stereocenters. The molecule has 0 amide bonds. The zero-order chi connectivity index (χ0) is 13.0. The molecule has 3 nitrogen and oxygen atoms in total. The van der Waals surface area contributed by atoms with E-state index in [1.165, 1.54) is 0 Å². The molecule has 0 fully saturated rings. The molecule has 1 heterocycles. The van der Waals surface area contributed by atoms with Crippen LogP contribution in [0.2, 0.25) is 0 Å². The molecule has 94 valence electrons. The quantitative estimate of drug-likeness (QED) is 0.842. The van der Waals surface area contributed by atoms with Gasteiger partial charge in [0.25, 0.3) is 0 Å². The Labute approximate surface area is 115 Å². The maximum absolute atomic E-state index is 5.66. The molecule has 0 atom stereocenters. The number of halogens is 1. The summed E-state index contributed by atoms with van der Waals surface area (Å²) < 4.78 is 12.0. The van der Waals surface area contributed by atoms with Gasteiger partial charge in [0.15, 0.2) is 0 Å². The molecule has 0 aliphatic rings. The molecule has 2 rings (SSSR count). The SMILES string of the molecule is CCOc1ccc(Oc2ccc(Br)c(C)n2)cc1. The third-order valence-corrected chi connectivity index (χ3v) is 3.19. The van der Waals surface area contributed by atoms with E-state index in [-0.39, 0.29) is 0 Å². The Morgan fingerprint density at radius 3 is 2.33 bits per heavy atom. The Kier molecular flexibility index (Phi) is 4.20. The first-order valence-corrected chi connectivity index (χ1v) is 6.52. The fourth-order valence-electron chi connectivity index (χ4n) is 1.47. The Bertz CT molecular complexity index is 526. The Morgan fingerprint density at radius 2 is 1.72 bits per heavy atom. The van der Waals surface area contributed by atoms with Crippen LogP contribution in [-0.2, 0) is 0 Å². The lowest BCUT2D eigenvalue weighted by atomic mass is 10.3. The molecule has 18 heavy (non-hydrogen) atoms. The Hall–Kier alpha value is -1.55. The second-order valence-corrected chi connectivity index (χ2v) is 4.58. The zero-order valence-electron chi connectivity index (χ0n) is 10.3. The minimum atomic E-state index is 0.583. The topological polar surface area (TPSA) is 31.4 Å². The fourth-order valence-corrected chi connectivity index (χ4v) is 1.69. The highest BCUT2D eigenvalue weighted by Gasteiger charge is 2.02. The van der Waals surface area contributed by atoms with Crippen molar-refractivity contribution in [3.63, 3.8) is 0 Å². The number of aryl methyl sites for hydroxylation is 1. The van der Waals surface area contributed by atoms with Crippen molar-refractivity contribution in [2.24, 2.45) is 0 Å². The van der Waals surface area contributed by atoms with Crippen LogP contribution < -0.4 is 9.47 Å².